The molecular formula is C24H20N2. The van der Waals surface area contributed by atoms with Crippen LogP contribution in [0.2, 0.25) is 0 Å². The summed E-state index contributed by atoms with van der Waals surface area (Å²) >= 11 is 0. The summed E-state index contributed by atoms with van der Waals surface area (Å²) in [6, 6.07) is 29.0. The van der Waals surface area contributed by atoms with Crippen LogP contribution in [0.5, 0.6) is 0 Å². The minimum absolute atomic E-state index is 0.888. The SMILES string of the molecule is Cc1cccc(-c2cccc(-c3cccc(-c4cccc(C)c4)n3)n2)c1. The molecule has 2 heterocycles. The van der Waals surface area contributed by atoms with E-state index in [0.29, 0.717) is 0 Å². The minimum Gasteiger partial charge on any atom is -0.246 e. The standard InChI is InChI=1S/C24H20N2/c1-17-7-3-9-19(15-17)21-11-5-13-23(25-21)24-14-6-12-22(26-24)20-10-4-8-18(2)16-20/h3-16H,1-2H3. The molecule has 0 N–H and O–H groups in total. The number of benzene rings is 2. The Morgan fingerprint density at radius 2 is 0.846 bits per heavy atom. The number of aromatic nitrogens is 2. The second-order valence-electron chi connectivity index (χ2n) is 6.56. The van der Waals surface area contributed by atoms with Crippen molar-refractivity contribution in [2.45, 2.75) is 13.8 Å². The average Bonchev–Trinajstić information content (AvgIpc) is 2.68. The van der Waals surface area contributed by atoms with Gasteiger partial charge in [0, 0.05) is 11.1 Å². The second kappa shape index (κ2) is 6.93. The molecule has 0 saturated carbocycles. The Morgan fingerprint density at radius 1 is 0.462 bits per heavy atom. The molecular weight excluding hydrogens is 316 g/mol. The zero-order valence-electron chi connectivity index (χ0n) is 15.0. The van der Waals surface area contributed by atoms with Crippen molar-refractivity contribution in [2.24, 2.45) is 0 Å². The lowest BCUT2D eigenvalue weighted by Crippen LogP contribution is -1.92. The fourth-order valence-corrected chi connectivity index (χ4v) is 3.09. The van der Waals surface area contributed by atoms with Crippen molar-refractivity contribution >= 4 is 0 Å². The Morgan fingerprint density at radius 3 is 1.27 bits per heavy atom. The first kappa shape index (κ1) is 16.2. The highest BCUT2D eigenvalue weighted by atomic mass is 14.8. The Hall–Kier alpha value is -3.26. The van der Waals surface area contributed by atoms with Gasteiger partial charge < -0.3 is 0 Å². The Bertz CT molecular complexity index is 980. The monoisotopic (exact) mass is 336 g/mol. The Labute approximate surface area is 154 Å². The number of aryl methyl sites for hydroxylation is 2. The molecule has 0 aliphatic heterocycles. The third-order valence-corrected chi connectivity index (χ3v) is 4.39. The minimum atomic E-state index is 0.888. The van der Waals surface area contributed by atoms with E-state index < -0.39 is 0 Å². The average molecular weight is 336 g/mol. The molecule has 0 unspecified atom stereocenters. The molecule has 0 spiro atoms. The summed E-state index contributed by atoms with van der Waals surface area (Å²) < 4.78 is 0. The van der Waals surface area contributed by atoms with Crippen LogP contribution in [0.1, 0.15) is 11.1 Å². The number of rotatable bonds is 3. The summed E-state index contributed by atoms with van der Waals surface area (Å²) in [6.45, 7) is 4.19. The molecule has 0 amide bonds. The van der Waals surface area contributed by atoms with Crippen LogP contribution in [-0.4, -0.2) is 9.97 Å². The molecule has 126 valence electrons. The lowest BCUT2D eigenvalue weighted by molar-refractivity contribution is 1.25. The third-order valence-electron chi connectivity index (χ3n) is 4.39. The number of hydrogen-bond donors (Lipinski definition) is 0. The highest BCUT2D eigenvalue weighted by molar-refractivity contribution is 5.67. The van der Waals surface area contributed by atoms with Crippen LogP contribution in [0.4, 0.5) is 0 Å². The Balaban J connectivity index is 1.75. The van der Waals surface area contributed by atoms with Crippen LogP contribution >= 0.6 is 0 Å². The van der Waals surface area contributed by atoms with Gasteiger partial charge in [0.05, 0.1) is 22.8 Å². The molecule has 2 heteroatoms. The molecule has 4 aromatic rings. The molecule has 0 fully saturated rings. The van der Waals surface area contributed by atoms with Crippen molar-refractivity contribution in [2.75, 3.05) is 0 Å². The zero-order chi connectivity index (χ0) is 17.9. The topological polar surface area (TPSA) is 25.8 Å². The van der Waals surface area contributed by atoms with E-state index in [-0.39, 0.29) is 0 Å². The predicted octanol–water partition coefficient (Wildman–Crippen LogP) is 6.09. The summed E-state index contributed by atoms with van der Waals surface area (Å²) in [6.07, 6.45) is 0. The first-order valence-corrected chi connectivity index (χ1v) is 8.78. The van der Waals surface area contributed by atoms with E-state index in [1.165, 1.54) is 11.1 Å². The fraction of sp³-hybridized carbons (Fsp3) is 0.0833. The normalized spacial score (nSPS) is 10.7. The second-order valence-corrected chi connectivity index (χ2v) is 6.56. The van der Waals surface area contributed by atoms with Gasteiger partial charge in [-0.2, -0.15) is 0 Å². The number of nitrogens with zero attached hydrogens (tertiary/aromatic N) is 2. The van der Waals surface area contributed by atoms with E-state index in [9.17, 15) is 0 Å². The molecule has 0 aliphatic rings. The van der Waals surface area contributed by atoms with Crippen molar-refractivity contribution in [1.29, 1.82) is 0 Å². The molecule has 26 heavy (non-hydrogen) atoms. The molecule has 0 radical (unpaired) electrons. The molecule has 0 atom stereocenters. The van der Waals surface area contributed by atoms with E-state index in [1.807, 2.05) is 36.4 Å². The Kier molecular flexibility index (Phi) is 4.32. The van der Waals surface area contributed by atoms with Gasteiger partial charge in [-0.15, -0.1) is 0 Å². The predicted molar refractivity (Wildman–Crippen MR) is 108 cm³/mol. The molecule has 4 rings (SSSR count). The summed E-state index contributed by atoms with van der Waals surface area (Å²) in [7, 11) is 0. The van der Waals surface area contributed by atoms with Gasteiger partial charge in [0.1, 0.15) is 0 Å². The first-order chi connectivity index (χ1) is 12.7. The summed E-state index contributed by atoms with van der Waals surface area (Å²) in [5.74, 6) is 0. The maximum absolute atomic E-state index is 4.84. The van der Waals surface area contributed by atoms with Gasteiger partial charge in [0.2, 0.25) is 0 Å². The van der Waals surface area contributed by atoms with Crippen molar-refractivity contribution < 1.29 is 0 Å². The highest BCUT2D eigenvalue weighted by Crippen LogP contribution is 2.25. The first-order valence-electron chi connectivity index (χ1n) is 8.78. The lowest BCUT2D eigenvalue weighted by atomic mass is 10.1. The van der Waals surface area contributed by atoms with E-state index >= 15 is 0 Å². The molecule has 2 aromatic heterocycles. The van der Waals surface area contributed by atoms with Gasteiger partial charge in [-0.25, -0.2) is 9.97 Å². The highest BCUT2D eigenvalue weighted by Gasteiger charge is 2.07. The van der Waals surface area contributed by atoms with Gasteiger partial charge in [0.25, 0.3) is 0 Å². The largest absolute Gasteiger partial charge is 0.246 e. The smallest absolute Gasteiger partial charge is 0.0893 e. The molecule has 0 aliphatic carbocycles. The van der Waals surface area contributed by atoms with Crippen LogP contribution in [-0.2, 0) is 0 Å². The summed E-state index contributed by atoms with van der Waals surface area (Å²) in [4.78, 5) is 9.69. The van der Waals surface area contributed by atoms with Crippen molar-refractivity contribution in [1.82, 2.24) is 9.97 Å². The van der Waals surface area contributed by atoms with Crippen molar-refractivity contribution in [3.05, 3.63) is 96.1 Å². The van der Waals surface area contributed by atoms with Crippen LogP contribution in [0.3, 0.4) is 0 Å². The lowest BCUT2D eigenvalue weighted by Gasteiger charge is -2.08. The maximum Gasteiger partial charge on any atom is 0.0893 e. The van der Waals surface area contributed by atoms with Crippen LogP contribution in [0, 0.1) is 13.8 Å². The van der Waals surface area contributed by atoms with Gasteiger partial charge in [0.15, 0.2) is 0 Å². The summed E-state index contributed by atoms with van der Waals surface area (Å²) in [5.41, 5.74) is 8.42. The van der Waals surface area contributed by atoms with Gasteiger partial charge in [-0.1, -0.05) is 59.7 Å². The molecule has 0 bridgehead atoms. The van der Waals surface area contributed by atoms with Crippen molar-refractivity contribution in [3.63, 3.8) is 0 Å². The van der Waals surface area contributed by atoms with Gasteiger partial charge in [-0.05, 0) is 50.2 Å². The third kappa shape index (κ3) is 3.40. The van der Waals surface area contributed by atoms with E-state index in [1.54, 1.807) is 0 Å². The maximum atomic E-state index is 4.84. The number of pyridine rings is 2. The van der Waals surface area contributed by atoms with Gasteiger partial charge >= 0.3 is 0 Å². The van der Waals surface area contributed by atoms with Crippen LogP contribution < -0.4 is 0 Å². The van der Waals surface area contributed by atoms with E-state index in [0.717, 1.165) is 33.9 Å². The molecule has 2 nitrogen and oxygen atoms in total. The summed E-state index contributed by atoms with van der Waals surface area (Å²) in [5, 5.41) is 0. The quantitative estimate of drug-likeness (QED) is 0.452. The number of hydrogen-bond acceptors (Lipinski definition) is 2. The molecule has 2 aromatic carbocycles. The molecule has 0 saturated heterocycles. The van der Waals surface area contributed by atoms with E-state index in [4.69, 9.17) is 9.97 Å². The van der Waals surface area contributed by atoms with Crippen LogP contribution in [0.15, 0.2) is 84.9 Å². The van der Waals surface area contributed by atoms with Crippen LogP contribution in [0.25, 0.3) is 33.9 Å². The zero-order valence-corrected chi connectivity index (χ0v) is 15.0. The van der Waals surface area contributed by atoms with E-state index in [2.05, 4.69) is 62.4 Å². The van der Waals surface area contributed by atoms with Gasteiger partial charge in [-0.3, -0.25) is 0 Å². The fourth-order valence-electron chi connectivity index (χ4n) is 3.09. The van der Waals surface area contributed by atoms with Crippen molar-refractivity contribution in [3.8, 4) is 33.9 Å².